The van der Waals surface area contributed by atoms with Crippen molar-refractivity contribution in [1.82, 2.24) is 9.47 Å². The van der Waals surface area contributed by atoms with Gasteiger partial charge in [-0.2, -0.15) is 0 Å². The van der Waals surface area contributed by atoms with Gasteiger partial charge < -0.3 is 9.47 Å². The van der Waals surface area contributed by atoms with Gasteiger partial charge in [-0.25, -0.2) is 13.6 Å². The van der Waals surface area contributed by atoms with Crippen molar-refractivity contribution in [3.05, 3.63) is 42.1 Å². The van der Waals surface area contributed by atoms with E-state index in [1.165, 1.54) is 5.56 Å². The Bertz CT molecular complexity index is 859. The largest absolute Gasteiger partial charge is 0.350 e. The summed E-state index contributed by atoms with van der Waals surface area (Å²) in [5.74, 6) is 0.507. The van der Waals surface area contributed by atoms with Crippen LogP contribution in [0.15, 0.2) is 31.0 Å². The number of likely N-dealkylation sites (tertiary alicyclic amines) is 1. The van der Waals surface area contributed by atoms with E-state index in [9.17, 15) is 8.42 Å². The lowest BCUT2D eigenvalue weighted by Crippen LogP contribution is -2.29. The van der Waals surface area contributed by atoms with E-state index in [0.717, 1.165) is 36.8 Å². The molecule has 1 aromatic carbocycles. The summed E-state index contributed by atoms with van der Waals surface area (Å²) in [4.78, 5) is 2.31. The molecule has 3 rings (SSSR count). The Balaban J connectivity index is 2.07. The first-order chi connectivity index (χ1) is 10.8. The molecule has 0 radical (unpaired) electrons. The van der Waals surface area contributed by atoms with Crippen molar-refractivity contribution in [2.75, 3.05) is 20.1 Å². The molecule has 0 amide bonds. The van der Waals surface area contributed by atoms with Gasteiger partial charge >= 0.3 is 0 Å². The molecule has 0 aliphatic carbocycles. The van der Waals surface area contributed by atoms with E-state index in [1.807, 2.05) is 19.2 Å². The third-order valence-corrected chi connectivity index (χ3v) is 5.77. The summed E-state index contributed by atoms with van der Waals surface area (Å²) in [6, 6.07) is 5.63. The van der Waals surface area contributed by atoms with Crippen LogP contribution in [0.1, 0.15) is 29.9 Å². The number of hydrogen-bond acceptors (Lipinski definition) is 3. The number of aromatic nitrogens is 1. The van der Waals surface area contributed by atoms with Crippen LogP contribution in [0.25, 0.3) is 15.8 Å². The van der Waals surface area contributed by atoms with Crippen molar-refractivity contribution in [2.24, 2.45) is 12.2 Å². The zero-order valence-corrected chi connectivity index (χ0v) is 14.4. The molecular weight excluding hydrogens is 310 g/mol. The molecule has 2 aromatic rings. The maximum Gasteiger partial charge on any atom is 0.238 e. The van der Waals surface area contributed by atoms with Crippen molar-refractivity contribution >= 4 is 25.8 Å². The van der Waals surface area contributed by atoms with Gasteiger partial charge in [0, 0.05) is 24.1 Å². The zero-order valence-electron chi connectivity index (χ0n) is 13.6. The maximum atomic E-state index is 11.6. The highest BCUT2D eigenvalue weighted by Gasteiger charge is 2.22. The number of nitrogens with zero attached hydrogens (tertiary/aromatic N) is 2. The van der Waals surface area contributed by atoms with Gasteiger partial charge in [-0.05, 0) is 62.2 Å². The molecule has 5 nitrogen and oxygen atoms in total. The third kappa shape index (κ3) is 3.06. The van der Waals surface area contributed by atoms with Crippen LogP contribution in [0.4, 0.5) is 0 Å². The van der Waals surface area contributed by atoms with E-state index in [-0.39, 0.29) is 4.91 Å². The average Bonchev–Trinajstić information content (AvgIpc) is 2.83. The lowest BCUT2D eigenvalue weighted by Gasteiger charge is -2.28. The van der Waals surface area contributed by atoms with Gasteiger partial charge in [-0.15, -0.1) is 0 Å². The number of fused-ring (bicyclic) bond motifs is 1. The molecule has 6 heteroatoms. The molecule has 1 aliphatic rings. The quantitative estimate of drug-likeness (QED) is 0.937. The highest BCUT2D eigenvalue weighted by molar-refractivity contribution is 7.98. The third-order valence-electron chi connectivity index (χ3n) is 4.84. The summed E-state index contributed by atoms with van der Waals surface area (Å²) in [5.41, 5.74) is 2.96. The van der Waals surface area contributed by atoms with Crippen LogP contribution in [-0.4, -0.2) is 38.0 Å². The highest BCUT2D eigenvalue weighted by atomic mass is 32.2. The number of piperidine rings is 1. The summed E-state index contributed by atoms with van der Waals surface area (Å²) in [6.45, 7) is 5.81. The van der Waals surface area contributed by atoms with Gasteiger partial charge in [-0.1, -0.05) is 12.6 Å². The van der Waals surface area contributed by atoms with Gasteiger partial charge in [-0.3, -0.25) is 0 Å². The lowest BCUT2D eigenvalue weighted by molar-refractivity contribution is 0.256. The number of primary sulfonamides is 1. The smallest absolute Gasteiger partial charge is 0.238 e. The lowest BCUT2D eigenvalue weighted by atomic mass is 9.89. The monoisotopic (exact) mass is 333 g/mol. The average molecular weight is 333 g/mol. The molecule has 2 N–H and O–H groups in total. The van der Waals surface area contributed by atoms with Gasteiger partial charge in [0.1, 0.15) is 0 Å². The van der Waals surface area contributed by atoms with Crippen molar-refractivity contribution in [3.63, 3.8) is 0 Å². The van der Waals surface area contributed by atoms with E-state index < -0.39 is 10.0 Å². The molecule has 1 saturated heterocycles. The topological polar surface area (TPSA) is 68.3 Å². The van der Waals surface area contributed by atoms with E-state index in [1.54, 1.807) is 6.07 Å². The summed E-state index contributed by atoms with van der Waals surface area (Å²) in [6.07, 6.45) is 4.41. The summed E-state index contributed by atoms with van der Waals surface area (Å²) < 4.78 is 25.2. The predicted molar refractivity (Wildman–Crippen MR) is 94.5 cm³/mol. The van der Waals surface area contributed by atoms with Crippen LogP contribution in [-0.2, 0) is 17.1 Å². The Labute approximate surface area is 137 Å². The Morgan fingerprint density at radius 1 is 1.26 bits per heavy atom. The van der Waals surface area contributed by atoms with Crippen LogP contribution < -0.4 is 5.14 Å². The number of sulfonamides is 1. The SMILES string of the molecule is C=C(c1ccc2c(c1)c(C1CCN(C)CC1)cn2C)S(N)(=O)=O. The highest BCUT2D eigenvalue weighted by Crippen LogP contribution is 2.35. The van der Waals surface area contributed by atoms with E-state index >= 15 is 0 Å². The minimum atomic E-state index is -3.77. The Morgan fingerprint density at radius 3 is 2.52 bits per heavy atom. The van der Waals surface area contributed by atoms with Crippen molar-refractivity contribution in [3.8, 4) is 0 Å². The fourth-order valence-electron chi connectivity index (χ4n) is 3.41. The van der Waals surface area contributed by atoms with Crippen molar-refractivity contribution in [1.29, 1.82) is 0 Å². The molecule has 1 fully saturated rings. The number of nitrogens with two attached hydrogens (primary N) is 1. The van der Waals surface area contributed by atoms with Crippen LogP contribution >= 0.6 is 0 Å². The van der Waals surface area contributed by atoms with Gasteiger partial charge in [0.25, 0.3) is 0 Å². The van der Waals surface area contributed by atoms with E-state index in [0.29, 0.717) is 11.5 Å². The molecule has 2 heterocycles. The summed E-state index contributed by atoms with van der Waals surface area (Å²) in [5, 5.41) is 6.32. The van der Waals surface area contributed by atoms with Gasteiger partial charge in [0.05, 0.1) is 4.91 Å². The van der Waals surface area contributed by atoms with Crippen molar-refractivity contribution in [2.45, 2.75) is 18.8 Å². The molecule has 1 aromatic heterocycles. The first-order valence-electron chi connectivity index (χ1n) is 7.77. The van der Waals surface area contributed by atoms with Crippen LogP contribution in [0.2, 0.25) is 0 Å². The van der Waals surface area contributed by atoms with Crippen molar-refractivity contribution < 1.29 is 8.42 Å². The molecule has 0 atom stereocenters. The summed E-state index contributed by atoms with van der Waals surface area (Å²) in [7, 11) is 0.398. The Kier molecular flexibility index (Phi) is 4.08. The van der Waals surface area contributed by atoms with Crippen LogP contribution in [0, 0.1) is 0 Å². The second-order valence-electron chi connectivity index (χ2n) is 6.47. The number of hydrogen-bond donors (Lipinski definition) is 1. The number of rotatable bonds is 3. The Morgan fingerprint density at radius 2 is 1.91 bits per heavy atom. The second kappa shape index (κ2) is 5.78. The number of benzene rings is 1. The second-order valence-corrected chi connectivity index (χ2v) is 8.06. The molecule has 0 saturated carbocycles. The van der Waals surface area contributed by atoms with E-state index in [2.05, 4.69) is 29.3 Å². The van der Waals surface area contributed by atoms with Crippen LogP contribution in [0.5, 0.6) is 0 Å². The molecular formula is C17H23N3O2S. The van der Waals surface area contributed by atoms with Gasteiger partial charge in [0.15, 0.2) is 0 Å². The fourth-order valence-corrected chi connectivity index (χ4v) is 3.86. The Hall–Kier alpha value is -1.63. The minimum Gasteiger partial charge on any atom is -0.350 e. The molecule has 0 unspecified atom stereocenters. The maximum absolute atomic E-state index is 11.6. The fraction of sp³-hybridized carbons (Fsp3) is 0.412. The molecule has 23 heavy (non-hydrogen) atoms. The molecule has 0 bridgehead atoms. The molecule has 1 aliphatic heterocycles. The zero-order chi connectivity index (χ0) is 16.8. The first kappa shape index (κ1) is 16.2. The molecule has 0 spiro atoms. The van der Waals surface area contributed by atoms with Gasteiger partial charge in [0.2, 0.25) is 10.0 Å². The standard InChI is InChI=1S/C17H23N3O2S/c1-12(23(18,21)22)14-4-5-17-15(10-14)16(11-20(17)3)13-6-8-19(2)9-7-13/h4-5,10-11,13H,1,6-9H2,2-3H3,(H2,18,21,22). The minimum absolute atomic E-state index is 0.0300. The van der Waals surface area contributed by atoms with Crippen LogP contribution in [0.3, 0.4) is 0 Å². The molecule has 124 valence electrons. The number of aryl methyl sites for hydroxylation is 1. The predicted octanol–water partition coefficient (Wildman–Crippen LogP) is 2.25. The first-order valence-corrected chi connectivity index (χ1v) is 9.31. The normalized spacial score (nSPS) is 17.7. The summed E-state index contributed by atoms with van der Waals surface area (Å²) >= 11 is 0. The van der Waals surface area contributed by atoms with E-state index in [4.69, 9.17) is 5.14 Å².